The van der Waals surface area contributed by atoms with Gasteiger partial charge >= 0.3 is 12.0 Å². The first kappa shape index (κ1) is 15.6. The smallest absolute Gasteiger partial charge is 0.341 e. The molecule has 1 aromatic heterocycles. The lowest BCUT2D eigenvalue weighted by Crippen LogP contribution is -2.48. The minimum Gasteiger partial charge on any atom is -0.467 e. The summed E-state index contributed by atoms with van der Waals surface area (Å²) in [6.45, 7) is 1.89. The van der Waals surface area contributed by atoms with Crippen LogP contribution < -0.4 is 5.32 Å². The molecular weight excluding hydrogens is 300 g/mol. The number of rotatable bonds is 4. The molecule has 1 aliphatic carbocycles. The van der Waals surface area contributed by atoms with Crippen LogP contribution in [0.1, 0.15) is 55.1 Å². The zero-order chi connectivity index (χ0) is 16.4. The number of imide groups is 1. The van der Waals surface area contributed by atoms with Gasteiger partial charge in [-0.1, -0.05) is 19.3 Å². The standard InChI is InChI=1S/C16H20N2O5/c1-2-22-13(19)11-6-9-23-12(11)10-18-14(20)16(17-15(18)21)7-4-3-5-8-16/h6,9H,2-5,7-8,10H2,1H3,(H,17,21). The number of furan rings is 1. The van der Waals surface area contributed by atoms with E-state index in [2.05, 4.69) is 5.32 Å². The number of nitrogens with zero attached hydrogens (tertiary/aromatic N) is 1. The minimum absolute atomic E-state index is 0.0619. The first-order valence-electron chi connectivity index (χ1n) is 7.95. The molecule has 0 unspecified atom stereocenters. The summed E-state index contributed by atoms with van der Waals surface area (Å²) >= 11 is 0. The van der Waals surface area contributed by atoms with Gasteiger partial charge in [0.25, 0.3) is 5.91 Å². The van der Waals surface area contributed by atoms with Crippen molar-refractivity contribution in [2.45, 2.75) is 51.1 Å². The molecule has 1 N–H and O–H groups in total. The van der Waals surface area contributed by atoms with Crippen LogP contribution in [0.2, 0.25) is 0 Å². The molecule has 1 saturated heterocycles. The van der Waals surface area contributed by atoms with E-state index >= 15 is 0 Å². The lowest BCUT2D eigenvalue weighted by Gasteiger charge is -2.30. The molecule has 124 valence electrons. The number of hydrogen-bond donors (Lipinski definition) is 1. The zero-order valence-electron chi connectivity index (χ0n) is 13.1. The topological polar surface area (TPSA) is 88.8 Å². The zero-order valence-corrected chi connectivity index (χ0v) is 13.1. The minimum atomic E-state index is -0.772. The van der Waals surface area contributed by atoms with Gasteiger partial charge in [-0.25, -0.2) is 9.59 Å². The van der Waals surface area contributed by atoms with Crippen LogP contribution in [0.5, 0.6) is 0 Å². The van der Waals surface area contributed by atoms with E-state index in [0.717, 1.165) is 24.2 Å². The highest BCUT2D eigenvalue weighted by Gasteiger charge is 2.51. The molecule has 0 bridgehead atoms. The maximum atomic E-state index is 12.7. The second-order valence-corrected chi connectivity index (χ2v) is 5.94. The Kier molecular flexibility index (Phi) is 4.11. The molecule has 7 nitrogen and oxygen atoms in total. The summed E-state index contributed by atoms with van der Waals surface area (Å²) in [6, 6.07) is 1.06. The third-order valence-electron chi connectivity index (χ3n) is 4.50. The fraction of sp³-hybridized carbons (Fsp3) is 0.562. The molecule has 1 spiro atoms. The van der Waals surface area contributed by atoms with Gasteiger partial charge in [0.05, 0.1) is 19.4 Å². The maximum Gasteiger partial charge on any atom is 0.341 e. The van der Waals surface area contributed by atoms with E-state index in [1.807, 2.05) is 0 Å². The average Bonchev–Trinajstić information content (AvgIpc) is 3.08. The summed E-state index contributed by atoms with van der Waals surface area (Å²) in [5, 5.41) is 2.83. The average molecular weight is 320 g/mol. The number of esters is 1. The van der Waals surface area contributed by atoms with Crippen LogP contribution in [0.25, 0.3) is 0 Å². The molecule has 1 aliphatic heterocycles. The third-order valence-corrected chi connectivity index (χ3v) is 4.50. The number of nitrogens with one attached hydrogen (secondary N) is 1. The number of carbonyl (C=O) groups excluding carboxylic acids is 3. The summed E-state index contributed by atoms with van der Waals surface area (Å²) in [5.74, 6) is -0.482. The van der Waals surface area contributed by atoms with E-state index in [1.54, 1.807) is 6.92 Å². The molecule has 0 aromatic carbocycles. The van der Waals surface area contributed by atoms with Gasteiger partial charge < -0.3 is 14.5 Å². The Morgan fingerprint density at radius 3 is 2.78 bits per heavy atom. The summed E-state index contributed by atoms with van der Waals surface area (Å²) in [4.78, 5) is 37.9. The van der Waals surface area contributed by atoms with Gasteiger partial charge in [-0.15, -0.1) is 0 Å². The van der Waals surface area contributed by atoms with E-state index in [4.69, 9.17) is 9.15 Å². The second-order valence-electron chi connectivity index (χ2n) is 5.94. The van der Waals surface area contributed by atoms with Crippen molar-refractivity contribution in [1.29, 1.82) is 0 Å². The van der Waals surface area contributed by atoms with Crippen molar-refractivity contribution in [2.24, 2.45) is 0 Å². The largest absolute Gasteiger partial charge is 0.467 e. The van der Waals surface area contributed by atoms with Gasteiger partial charge in [-0.05, 0) is 25.8 Å². The van der Waals surface area contributed by atoms with Crippen molar-refractivity contribution >= 4 is 17.9 Å². The number of amides is 3. The van der Waals surface area contributed by atoms with E-state index in [-0.39, 0.29) is 30.4 Å². The van der Waals surface area contributed by atoms with E-state index in [9.17, 15) is 14.4 Å². The first-order chi connectivity index (χ1) is 11.1. The van der Waals surface area contributed by atoms with Crippen LogP contribution in [0.15, 0.2) is 16.7 Å². The van der Waals surface area contributed by atoms with E-state index < -0.39 is 17.5 Å². The fourth-order valence-corrected chi connectivity index (χ4v) is 3.31. The summed E-state index contributed by atoms with van der Waals surface area (Å²) in [6.07, 6.45) is 5.61. The van der Waals surface area contributed by atoms with Crippen LogP contribution in [-0.2, 0) is 16.1 Å². The predicted molar refractivity (Wildman–Crippen MR) is 79.6 cm³/mol. The molecule has 0 radical (unpaired) electrons. The monoisotopic (exact) mass is 320 g/mol. The van der Waals surface area contributed by atoms with Crippen molar-refractivity contribution in [1.82, 2.24) is 10.2 Å². The normalized spacial score (nSPS) is 20.0. The van der Waals surface area contributed by atoms with Gasteiger partial charge in [0.2, 0.25) is 0 Å². The molecule has 3 amide bonds. The van der Waals surface area contributed by atoms with Gasteiger partial charge in [0.15, 0.2) is 0 Å². The van der Waals surface area contributed by atoms with Crippen LogP contribution in [-0.4, -0.2) is 35.0 Å². The highest BCUT2D eigenvalue weighted by molar-refractivity contribution is 6.07. The fourth-order valence-electron chi connectivity index (χ4n) is 3.31. The maximum absolute atomic E-state index is 12.7. The molecule has 2 aliphatic rings. The van der Waals surface area contributed by atoms with Crippen LogP contribution in [0.3, 0.4) is 0 Å². The molecule has 2 fully saturated rings. The molecule has 1 aromatic rings. The summed E-state index contributed by atoms with van der Waals surface area (Å²) < 4.78 is 10.2. The third kappa shape index (κ3) is 2.71. The van der Waals surface area contributed by atoms with Crippen molar-refractivity contribution in [3.63, 3.8) is 0 Å². The SMILES string of the molecule is CCOC(=O)c1ccoc1CN1C(=O)NC2(CCCCC2)C1=O. The van der Waals surface area contributed by atoms with Gasteiger partial charge in [0, 0.05) is 0 Å². The summed E-state index contributed by atoms with van der Waals surface area (Å²) in [7, 11) is 0. The summed E-state index contributed by atoms with van der Waals surface area (Å²) in [5.41, 5.74) is -0.525. The first-order valence-corrected chi connectivity index (χ1v) is 7.95. The number of ether oxygens (including phenoxy) is 1. The Bertz CT molecular complexity index is 630. The van der Waals surface area contributed by atoms with E-state index in [0.29, 0.717) is 12.8 Å². The number of hydrogen-bond acceptors (Lipinski definition) is 5. The number of urea groups is 1. The lowest BCUT2D eigenvalue weighted by molar-refractivity contribution is -0.133. The highest BCUT2D eigenvalue weighted by atomic mass is 16.5. The molecule has 1 saturated carbocycles. The van der Waals surface area contributed by atoms with Crippen molar-refractivity contribution in [2.75, 3.05) is 6.61 Å². The molecule has 3 rings (SSSR count). The Balaban J connectivity index is 1.78. The number of carbonyl (C=O) groups is 3. The van der Waals surface area contributed by atoms with Gasteiger partial charge in [-0.3, -0.25) is 9.69 Å². The van der Waals surface area contributed by atoms with Crippen molar-refractivity contribution in [3.05, 3.63) is 23.7 Å². The lowest BCUT2D eigenvalue weighted by atomic mass is 9.82. The van der Waals surface area contributed by atoms with Crippen molar-refractivity contribution in [3.8, 4) is 0 Å². The molecule has 23 heavy (non-hydrogen) atoms. The second kappa shape index (κ2) is 6.06. The van der Waals surface area contributed by atoms with Gasteiger partial charge in [-0.2, -0.15) is 0 Å². The van der Waals surface area contributed by atoms with Crippen LogP contribution in [0.4, 0.5) is 4.79 Å². The van der Waals surface area contributed by atoms with Crippen molar-refractivity contribution < 1.29 is 23.5 Å². The predicted octanol–water partition coefficient (Wildman–Crippen LogP) is 2.21. The van der Waals surface area contributed by atoms with Crippen LogP contribution in [0, 0.1) is 0 Å². The Morgan fingerprint density at radius 2 is 2.09 bits per heavy atom. The molecule has 7 heteroatoms. The highest BCUT2D eigenvalue weighted by Crippen LogP contribution is 2.34. The van der Waals surface area contributed by atoms with Crippen LogP contribution >= 0.6 is 0 Å². The Morgan fingerprint density at radius 1 is 1.35 bits per heavy atom. The Hall–Kier alpha value is -2.31. The quantitative estimate of drug-likeness (QED) is 0.678. The molecule has 2 heterocycles. The Labute approximate surface area is 134 Å². The molecule has 0 atom stereocenters. The van der Waals surface area contributed by atoms with Gasteiger partial charge in [0.1, 0.15) is 16.9 Å². The molecular formula is C16H20N2O5. The van der Waals surface area contributed by atoms with E-state index in [1.165, 1.54) is 12.3 Å².